The Morgan fingerprint density at radius 2 is 2.07 bits per heavy atom. The molecule has 0 bridgehead atoms. The van der Waals surface area contributed by atoms with E-state index in [1.807, 2.05) is 13.8 Å². The highest BCUT2D eigenvalue weighted by molar-refractivity contribution is 4.81. The van der Waals surface area contributed by atoms with E-state index in [-0.39, 0.29) is 18.2 Å². The summed E-state index contributed by atoms with van der Waals surface area (Å²) in [6.45, 7) is 7.25. The Morgan fingerprint density at radius 3 is 2.50 bits per heavy atom. The van der Waals surface area contributed by atoms with E-state index in [0.717, 1.165) is 6.54 Å². The summed E-state index contributed by atoms with van der Waals surface area (Å²) in [5.74, 6) is 0.167. The van der Waals surface area contributed by atoms with Crippen molar-refractivity contribution in [3.8, 4) is 0 Å². The Hall–Kier alpha value is -0.120. The van der Waals surface area contributed by atoms with E-state index in [4.69, 9.17) is 4.74 Å². The zero-order valence-corrected chi connectivity index (χ0v) is 9.73. The van der Waals surface area contributed by atoms with Crippen molar-refractivity contribution in [1.82, 2.24) is 4.90 Å². The third-order valence-electron chi connectivity index (χ3n) is 3.53. The van der Waals surface area contributed by atoms with Crippen molar-refractivity contribution in [3.63, 3.8) is 0 Å². The van der Waals surface area contributed by atoms with Gasteiger partial charge in [-0.25, -0.2) is 0 Å². The highest BCUT2D eigenvalue weighted by Crippen LogP contribution is 2.24. The number of likely N-dealkylation sites (tertiary alicyclic amines) is 1. The average molecular weight is 201 g/mol. The van der Waals surface area contributed by atoms with Crippen molar-refractivity contribution >= 4 is 0 Å². The fourth-order valence-electron chi connectivity index (χ4n) is 2.11. The Bertz CT molecular complexity index is 175. The Morgan fingerprint density at radius 1 is 1.43 bits per heavy atom. The van der Waals surface area contributed by atoms with E-state index in [2.05, 4.69) is 11.8 Å². The van der Waals surface area contributed by atoms with Gasteiger partial charge >= 0.3 is 0 Å². The molecule has 1 aliphatic heterocycles. The van der Waals surface area contributed by atoms with Crippen LogP contribution in [0.1, 0.15) is 33.6 Å². The van der Waals surface area contributed by atoms with Crippen LogP contribution in [0.4, 0.5) is 0 Å². The topological polar surface area (TPSA) is 32.7 Å². The second-order valence-corrected chi connectivity index (χ2v) is 4.44. The van der Waals surface area contributed by atoms with Crippen molar-refractivity contribution in [2.75, 3.05) is 13.7 Å². The lowest BCUT2D eigenvalue weighted by molar-refractivity contribution is -0.0816. The fraction of sp³-hybridized carbons (Fsp3) is 1.00. The second-order valence-electron chi connectivity index (χ2n) is 4.44. The minimum Gasteiger partial charge on any atom is -0.381 e. The van der Waals surface area contributed by atoms with Crippen LogP contribution in [0.5, 0.6) is 0 Å². The Kier molecular flexibility index (Phi) is 4.35. The minimum atomic E-state index is -0.359. The number of ether oxygens (including phenoxy) is 1. The lowest BCUT2D eigenvalue weighted by atomic mass is 10.0. The molecule has 0 amide bonds. The maximum absolute atomic E-state index is 10.1. The molecule has 84 valence electrons. The molecule has 4 atom stereocenters. The van der Waals surface area contributed by atoms with E-state index >= 15 is 0 Å². The number of methoxy groups -OCH3 is 1. The van der Waals surface area contributed by atoms with Crippen molar-refractivity contribution in [2.45, 2.75) is 52.0 Å². The molecule has 0 aromatic heterocycles. The molecule has 0 spiro atoms. The Balaban J connectivity index is 2.50. The van der Waals surface area contributed by atoms with E-state index in [9.17, 15) is 5.11 Å². The summed E-state index contributed by atoms with van der Waals surface area (Å²) >= 11 is 0. The summed E-state index contributed by atoms with van der Waals surface area (Å²) in [6, 6.07) is 0.511. The van der Waals surface area contributed by atoms with Gasteiger partial charge in [-0.15, -0.1) is 0 Å². The smallest absolute Gasteiger partial charge is 0.112 e. The molecule has 1 rings (SSSR count). The molecule has 0 saturated carbocycles. The normalized spacial score (nSPS) is 30.2. The van der Waals surface area contributed by atoms with Crippen molar-refractivity contribution in [2.24, 2.45) is 5.92 Å². The van der Waals surface area contributed by atoms with Gasteiger partial charge in [0.2, 0.25) is 0 Å². The van der Waals surface area contributed by atoms with Crippen LogP contribution in [0.25, 0.3) is 0 Å². The SMILES string of the molecule is COC(C)C(C)C(O)N1CCC[C@H]1C. The van der Waals surface area contributed by atoms with Gasteiger partial charge in [-0.1, -0.05) is 6.92 Å². The highest BCUT2D eigenvalue weighted by Gasteiger charge is 2.31. The van der Waals surface area contributed by atoms with E-state index < -0.39 is 0 Å². The molecule has 3 unspecified atom stereocenters. The van der Waals surface area contributed by atoms with Gasteiger partial charge < -0.3 is 9.84 Å². The summed E-state index contributed by atoms with van der Waals surface area (Å²) < 4.78 is 5.24. The minimum absolute atomic E-state index is 0.109. The predicted octanol–water partition coefficient (Wildman–Crippen LogP) is 1.46. The highest BCUT2D eigenvalue weighted by atomic mass is 16.5. The number of rotatable bonds is 4. The van der Waals surface area contributed by atoms with Gasteiger partial charge in [0.05, 0.1) is 6.10 Å². The zero-order valence-electron chi connectivity index (χ0n) is 9.73. The molecule has 1 aliphatic rings. The van der Waals surface area contributed by atoms with E-state index in [1.165, 1.54) is 12.8 Å². The largest absolute Gasteiger partial charge is 0.381 e. The number of aliphatic hydroxyl groups is 1. The molecular weight excluding hydrogens is 178 g/mol. The van der Waals surface area contributed by atoms with Gasteiger partial charge in [-0.3, -0.25) is 4.90 Å². The van der Waals surface area contributed by atoms with E-state index in [0.29, 0.717) is 6.04 Å². The molecule has 0 aromatic carbocycles. The summed E-state index contributed by atoms with van der Waals surface area (Å²) in [5.41, 5.74) is 0. The third kappa shape index (κ3) is 2.47. The van der Waals surface area contributed by atoms with Crippen molar-refractivity contribution in [1.29, 1.82) is 0 Å². The van der Waals surface area contributed by atoms with Crippen molar-refractivity contribution in [3.05, 3.63) is 0 Å². The van der Waals surface area contributed by atoms with Gasteiger partial charge in [0.15, 0.2) is 0 Å². The molecule has 1 heterocycles. The molecule has 14 heavy (non-hydrogen) atoms. The van der Waals surface area contributed by atoms with Gasteiger partial charge in [0.1, 0.15) is 6.23 Å². The first-order chi connectivity index (χ1) is 6.57. The van der Waals surface area contributed by atoms with Gasteiger partial charge in [0, 0.05) is 25.6 Å². The monoisotopic (exact) mass is 201 g/mol. The van der Waals surface area contributed by atoms with Crippen LogP contribution in [0.2, 0.25) is 0 Å². The summed E-state index contributed by atoms with van der Waals surface area (Å²) in [4.78, 5) is 2.18. The summed E-state index contributed by atoms with van der Waals surface area (Å²) in [6.07, 6.45) is 2.15. The number of hydrogen-bond donors (Lipinski definition) is 1. The van der Waals surface area contributed by atoms with Crippen LogP contribution < -0.4 is 0 Å². The van der Waals surface area contributed by atoms with Crippen molar-refractivity contribution < 1.29 is 9.84 Å². The van der Waals surface area contributed by atoms with Crippen LogP contribution in [-0.4, -0.2) is 42.0 Å². The second kappa shape index (κ2) is 5.10. The number of aliphatic hydroxyl groups excluding tert-OH is 1. The molecule has 0 aliphatic carbocycles. The maximum atomic E-state index is 10.1. The molecule has 3 nitrogen and oxygen atoms in total. The van der Waals surface area contributed by atoms with Gasteiger partial charge in [0.25, 0.3) is 0 Å². The van der Waals surface area contributed by atoms with Crippen LogP contribution in [-0.2, 0) is 4.74 Å². The molecule has 0 aromatic rings. The maximum Gasteiger partial charge on any atom is 0.112 e. The predicted molar refractivity (Wildman–Crippen MR) is 57.0 cm³/mol. The quantitative estimate of drug-likeness (QED) is 0.747. The molecule has 1 fully saturated rings. The van der Waals surface area contributed by atoms with Crippen LogP contribution in [0, 0.1) is 5.92 Å². The van der Waals surface area contributed by atoms with Crippen LogP contribution >= 0.6 is 0 Å². The molecule has 0 radical (unpaired) electrons. The van der Waals surface area contributed by atoms with Crippen LogP contribution in [0.3, 0.4) is 0 Å². The fourth-order valence-corrected chi connectivity index (χ4v) is 2.11. The van der Waals surface area contributed by atoms with Gasteiger partial charge in [-0.05, 0) is 26.7 Å². The van der Waals surface area contributed by atoms with Gasteiger partial charge in [-0.2, -0.15) is 0 Å². The standard InChI is InChI=1S/C11H23NO2/c1-8-6-5-7-12(8)11(13)9(2)10(3)14-4/h8-11,13H,5-7H2,1-4H3/t8-,9?,10?,11?/m1/s1. The van der Waals surface area contributed by atoms with Crippen LogP contribution in [0.15, 0.2) is 0 Å². The van der Waals surface area contributed by atoms with E-state index in [1.54, 1.807) is 7.11 Å². The zero-order chi connectivity index (χ0) is 10.7. The average Bonchev–Trinajstić information content (AvgIpc) is 2.61. The lowest BCUT2D eigenvalue weighted by Crippen LogP contribution is -2.45. The first kappa shape index (κ1) is 12.0. The molecular formula is C11H23NO2. The number of hydrogen-bond acceptors (Lipinski definition) is 3. The molecule has 1 N–H and O–H groups in total. The first-order valence-electron chi connectivity index (χ1n) is 5.54. The first-order valence-corrected chi connectivity index (χ1v) is 5.54. The molecule has 3 heteroatoms. The molecule has 1 saturated heterocycles. The lowest BCUT2D eigenvalue weighted by Gasteiger charge is -2.33. The number of nitrogens with zero attached hydrogens (tertiary/aromatic N) is 1. The summed E-state index contributed by atoms with van der Waals surface area (Å²) in [7, 11) is 1.70. The summed E-state index contributed by atoms with van der Waals surface area (Å²) in [5, 5.41) is 10.1. The Labute approximate surface area is 87.1 Å². The third-order valence-corrected chi connectivity index (χ3v) is 3.53.